The van der Waals surface area contributed by atoms with Crippen LogP contribution in [0.1, 0.15) is 38.7 Å². The molecule has 84 valence electrons. The summed E-state index contributed by atoms with van der Waals surface area (Å²) in [6, 6.07) is 0. The van der Waals surface area contributed by atoms with Crippen LogP contribution in [0.5, 0.6) is 0 Å². The normalized spacial score (nSPS) is 18.8. The van der Waals surface area contributed by atoms with E-state index in [0.717, 1.165) is 12.8 Å². The summed E-state index contributed by atoms with van der Waals surface area (Å²) < 4.78 is 0. The maximum absolute atomic E-state index is 4.47. The molecule has 1 aromatic rings. The molecule has 2 rings (SSSR count). The highest BCUT2D eigenvalue weighted by molar-refractivity contribution is 7.81. The molecule has 0 spiro atoms. The first-order chi connectivity index (χ1) is 7.19. The molecule has 1 heterocycles. The Morgan fingerprint density at radius 2 is 1.93 bits per heavy atom. The van der Waals surface area contributed by atoms with Crippen LogP contribution in [0.3, 0.4) is 0 Å². The molecule has 0 fully saturated rings. The van der Waals surface area contributed by atoms with Crippen molar-refractivity contribution in [3.63, 3.8) is 0 Å². The summed E-state index contributed by atoms with van der Waals surface area (Å²) in [4.78, 5) is 3.27. The number of rotatable bonds is 0. The molecular formula is C13H21NS. The smallest absolute Gasteiger partial charge is 0.0413 e. The second kappa shape index (κ2) is 6.06. The van der Waals surface area contributed by atoms with Crippen molar-refractivity contribution in [3.05, 3.63) is 22.3 Å². The van der Waals surface area contributed by atoms with Crippen LogP contribution in [-0.4, -0.2) is 10.2 Å². The topological polar surface area (TPSA) is 15.8 Å². The summed E-state index contributed by atoms with van der Waals surface area (Å²) in [5, 5.41) is 3.13. The van der Waals surface area contributed by atoms with Crippen molar-refractivity contribution in [2.24, 2.45) is 0 Å². The number of thiol groups is 1. The van der Waals surface area contributed by atoms with E-state index >= 15 is 0 Å². The summed E-state index contributed by atoms with van der Waals surface area (Å²) >= 11 is 4.47. The fraction of sp³-hybridized carbons (Fsp3) is 0.538. The van der Waals surface area contributed by atoms with E-state index in [1.807, 2.05) is 0 Å². The highest BCUT2D eigenvalue weighted by atomic mass is 32.1. The Balaban J connectivity index is 0.000000337. The van der Waals surface area contributed by atoms with Crippen molar-refractivity contribution >= 4 is 24.8 Å². The molecule has 1 nitrogen and oxygen atoms in total. The second-order valence-electron chi connectivity index (χ2n) is 4.04. The van der Waals surface area contributed by atoms with Gasteiger partial charge in [-0.3, -0.25) is 0 Å². The van der Waals surface area contributed by atoms with Gasteiger partial charge in [-0.05, 0) is 30.5 Å². The predicted molar refractivity (Wildman–Crippen MR) is 71.7 cm³/mol. The number of nitrogens with one attached hydrogen (secondary N) is 1. The van der Waals surface area contributed by atoms with Crippen molar-refractivity contribution in [2.75, 3.05) is 0 Å². The number of hydrogen-bond donors (Lipinski definition) is 2. The molecule has 0 saturated heterocycles. The number of aromatic nitrogens is 1. The molecule has 1 unspecified atom stereocenters. The van der Waals surface area contributed by atoms with Crippen LogP contribution in [0.15, 0.2) is 6.20 Å². The SMILES string of the molecule is CCC.Cc1c[nH]c2c1=CCC(S)CC=2. The van der Waals surface area contributed by atoms with Crippen LogP contribution in [0, 0.1) is 6.92 Å². The number of H-pyrrole nitrogens is 1. The average molecular weight is 223 g/mol. The Bertz CT molecular complexity index is 403. The first-order valence-electron chi connectivity index (χ1n) is 5.71. The molecule has 1 N–H and O–H groups in total. The van der Waals surface area contributed by atoms with Crippen LogP contribution in [0.4, 0.5) is 0 Å². The van der Waals surface area contributed by atoms with Crippen molar-refractivity contribution in [1.82, 2.24) is 4.98 Å². The van der Waals surface area contributed by atoms with E-state index < -0.39 is 0 Å². The van der Waals surface area contributed by atoms with Crippen molar-refractivity contribution in [1.29, 1.82) is 0 Å². The third-order valence-electron chi connectivity index (χ3n) is 2.35. The molecule has 1 atom stereocenters. The summed E-state index contributed by atoms with van der Waals surface area (Å²) in [5.74, 6) is 0. The van der Waals surface area contributed by atoms with Gasteiger partial charge in [0.1, 0.15) is 0 Å². The van der Waals surface area contributed by atoms with Crippen molar-refractivity contribution in [3.8, 4) is 0 Å². The van der Waals surface area contributed by atoms with Gasteiger partial charge in [-0.1, -0.05) is 32.4 Å². The van der Waals surface area contributed by atoms with E-state index in [0.29, 0.717) is 5.25 Å². The van der Waals surface area contributed by atoms with Gasteiger partial charge in [0, 0.05) is 16.8 Å². The van der Waals surface area contributed by atoms with E-state index in [1.165, 1.54) is 22.6 Å². The molecule has 2 heteroatoms. The molecule has 1 aliphatic carbocycles. The predicted octanol–water partition coefficient (Wildman–Crippen LogP) is 2.39. The van der Waals surface area contributed by atoms with Gasteiger partial charge in [0.25, 0.3) is 0 Å². The molecule has 15 heavy (non-hydrogen) atoms. The van der Waals surface area contributed by atoms with Gasteiger partial charge >= 0.3 is 0 Å². The minimum Gasteiger partial charge on any atom is -0.361 e. The van der Waals surface area contributed by atoms with Crippen LogP contribution < -0.4 is 10.6 Å². The zero-order valence-electron chi connectivity index (χ0n) is 9.88. The van der Waals surface area contributed by atoms with Gasteiger partial charge < -0.3 is 4.98 Å². The highest BCUT2D eigenvalue weighted by Crippen LogP contribution is 2.09. The number of fused-ring (bicyclic) bond motifs is 1. The Morgan fingerprint density at radius 3 is 2.60 bits per heavy atom. The third-order valence-corrected chi connectivity index (χ3v) is 2.77. The van der Waals surface area contributed by atoms with Gasteiger partial charge in [-0.2, -0.15) is 12.6 Å². The Kier molecular flexibility index (Phi) is 5.03. The zero-order chi connectivity index (χ0) is 11.3. The highest BCUT2D eigenvalue weighted by Gasteiger charge is 2.03. The lowest BCUT2D eigenvalue weighted by Crippen LogP contribution is -2.22. The van der Waals surface area contributed by atoms with Crippen LogP contribution in [0.2, 0.25) is 0 Å². The summed E-state index contributed by atoms with van der Waals surface area (Å²) in [7, 11) is 0. The van der Waals surface area contributed by atoms with Gasteiger partial charge in [-0.15, -0.1) is 0 Å². The molecule has 0 amide bonds. The molecule has 0 radical (unpaired) electrons. The minimum absolute atomic E-state index is 0.491. The van der Waals surface area contributed by atoms with Crippen molar-refractivity contribution in [2.45, 2.75) is 45.3 Å². The molecule has 0 aliphatic heterocycles. The van der Waals surface area contributed by atoms with Crippen LogP contribution in [-0.2, 0) is 0 Å². The molecule has 0 saturated carbocycles. The number of aromatic amines is 1. The Labute approximate surface area is 97.7 Å². The monoisotopic (exact) mass is 223 g/mol. The summed E-state index contributed by atoms with van der Waals surface area (Å²) in [5.41, 5.74) is 1.34. The maximum atomic E-state index is 4.47. The molecule has 1 aromatic heterocycles. The van der Waals surface area contributed by atoms with E-state index in [1.54, 1.807) is 0 Å². The average Bonchev–Trinajstić information content (AvgIpc) is 2.43. The third kappa shape index (κ3) is 3.45. The molecule has 1 aliphatic rings. The Morgan fingerprint density at radius 1 is 1.33 bits per heavy atom. The fourth-order valence-corrected chi connectivity index (χ4v) is 1.81. The van der Waals surface area contributed by atoms with E-state index in [4.69, 9.17) is 0 Å². The van der Waals surface area contributed by atoms with E-state index in [2.05, 4.69) is 56.7 Å². The second-order valence-corrected chi connectivity index (χ2v) is 4.77. The van der Waals surface area contributed by atoms with Crippen LogP contribution >= 0.6 is 12.6 Å². The van der Waals surface area contributed by atoms with Crippen molar-refractivity contribution < 1.29 is 0 Å². The van der Waals surface area contributed by atoms with E-state index in [-0.39, 0.29) is 0 Å². The van der Waals surface area contributed by atoms with Gasteiger partial charge in [-0.25, -0.2) is 0 Å². The number of hydrogen-bond acceptors (Lipinski definition) is 1. The summed E-state index contributed by atoms with van der Waals surface area (Å²) in [6.07, 6.45) is 9.97. The zero-order valence-corrected chi connectivity index (χ0v) is 10.8. The maximum Gasteiger partial charge on any atom is 0.0413 e. The lowest BCUT2D eigenvalue weighted by molar-refractivity contribution is 0.955. The quantitative estimate of drug-likeness (QED) is 0.628. The standard InChI is InChI=1S/C10H13NS.C3H8/c1-7-6-11-10-5-3-8(12)2-4-9(7)10;1-3-2/h4-6,8,11-12H,2-3H2,1H3;3H2,1-2H3. The Hall–Kier alpha value is -0.630. The van der Waals surface area contributed by atoms with Gasteiger partial charge in [0.15, 0.2) is 0 Å². The molecular weight excluding hydrogens is 202 g/mol. The van der Waals surface area contributed by atoms with Gasteiger partial charge in [0.2, 0.25) is 0 Å². The number of aryl methyl sites for hydroxylation is 1. The lowest BCUT2D eigenvalue weighted by Gasteiger charge is -1.99. The van der Waals surface area contributed by atoms with E-state index in [9.17, 15) is 0 Å². The largest absolute Gasteiger partial charge is 0.361 e. The fourth-order valence-electron chi connectivity index (χ4n) is 1.60. The van der Waals surface area contributed by atoms with Crippen LogP contribution in [0.25, 0.3) is 12.2 Å². The molecule has 0 bridgehead atoms. The first-order valence-corrected chi connectivity index (χ1v) is 6.23. The lowest BCUT2D eigenvalue weighted by atomic mass is 10.2. The molecule has 0 aromatic carbocycles. The summed E-state index contributed by atoms with van der Waals surface area (Å²) in [6.45, 7) is 6.39. The minimum atomic E-state index is 0.491. The first kappa shape index (κ1) is 12.4. The van der Waals surface area contributed by atoms with Gasteiger partial charge in [0.05, 0.1) is 0 Å².